The number of ether oxygens (including phenoxy) is 1. The van der Waals surface area contributed by atoms with Crippen LogP contribution in [0.2, 0.25) is 0 Å². The lowest BCUT2D eigenvalue weighted by Gasteiger charge is -2.11. The number of hydrogen-bond acceptors (Lipinski definition) is 4. The van der Waals surface area contributed by atoms with Gasteiger partial charge in [0.25, 0.3) is 0 Å². The van der Waals surface area contributed by atoms with Crippen LogP contribution in [0.25, 0.3) is 0 Å². The fourth-order valence-corrected chi connectivity index (χ4v) is 1.93. The summed E-state index contributed by atoms with van der Waals surface area (Å²) in [6.07, 6.45) is 0. The first kappa shape index (κ1) is 14.1. The Hall–Kier alpha value is -2.36. The molecule has 4 nitrogen and oxygen atoms in total. The first-order chi connectivity index (χ1) is 9.60. The summed E-state index contributed by atoms with van der Waals surface area (Å²) < 4.78 is 5.83. The van der Waals surface area contributed by atoms with E-state index in [1.165, 1.54) is 0 Å². The van der Waals surface area contributed by atoms with Gasteiger partial charge in [-0.1, -0.05) is 17.3 Å². The number of benzene rings is 1. The van der Waals surface area contributed by atoms with E-state index in [4.69, 9.17) is 9.94 Å². The lowest BCUT2D eigenvalue weighted by molar-refractivity contribution is 0.298. The molecular weight excluding hydrogens is 252 g/mol. The zero-order chi connectivity index (χ0) is 14.5. The van der Waals surface area contributed by atoms with Crippen molar-refractivity contribution < 1.29 is 9.94 Å². The molecule has 0 bridgehead atoms. The summed E-state index contributed by atoms with van der Waals surface area (Å²) in [6, 6.07) is 11.6. The van der Waals surface area contributed by atoms with Crippen molar-refractivity contribution in [2.24, 2.45) is 5.16 Å². The Balaban J connectivity index is 2.22. The molecule has 2 rings (SSSR count). The van der Waals surface area contributed by atoms with Gasteiger partial charge < -0.3 is 9.94 Å². The van der Waals surface area contributed by atoms with E-state index in [0.717, 1.165) is 22.5 Å². The van der Waals surface area contributed by atoms with Crippen molar-refractivity contribution >= 4 is 5.71 Å². The second-order valence-electron chi connectivity index (χ2n) is 4.74. The molecule has 4 heteroatoms. The molecule has 0 atom stereocenters. The second kappa shape index (κ2) is 6.19. The molecule has 0 amide bonds. The van der Waals surface area contributed by atoms with E-state index < -0.39 is 0 Å². The largest absolute Gasteiger partial charge is 0.487 e. The van der Waals surface area contributed by atoms with E-state index in [0.29, 0.717) is 18.1 Å². The van der Waals surface area contributed by atoms with E-state index in [-0.39, 0.29) is 0 Å². The van der Waals surface area contributed by atoms with Gasteiger partial charge in [-0.05, 0) is 50.6 Å². The number of rotatable bonds is 4. The first-order valence-corrected chi connectivity index (χ1v) is 6.45. The summed E-state index contributed by atoms with van der Waals surface area (Å²) in [7, 11) is 0. The minimum Gasteiger partial charge on any atom is -0.487 e. The maximum Gasteiger partial charge on any atom is 0.130 e. The zero-order valence-corrected chi connectivity index (χ0v) is 11.9. The van der Waals surface area contributed by atoms with E-state index in [1.54, 1.807) is 6.92 Å². The normalized spacial score (nSPS) is 11.4. The van der Waals surface area contributed by atoms with Crippen LogP contribution >= 0.6 is 0 Å². The highest BCUT2D eigenvalue weighted by atomic mass is 16.5. The fourth-order valence-electron chi connectivity index (χ4n) is 1.93. The maximum atomic E-state index is 8.92. The van der Waals surface area contributed by atoms with Crippen LogP contribution in [0.15, 0.2) is 41.6 Å². The van der Waals surface area contributed by atoms with E-state index in [1.807, 2.05) is 50.2 Å². The SMILES string of the molecule is CC(=NO)c1ccc(C)cc1OCc1cccc(C)n1. The van der Waals surface area contributed by atoms with Crippen molar-refractivity contribution in [3.63, 3.8) is 0 Å². The molecule has 1 aromatic carbocycles. The Kier molecular flexibility index (Phi) is 4.35. The molecule has 0 aliphatic heterocycles. The molecule has 0 aliphatic carbocycles. The number of aryl methyl sites for hydroxylation is 2. The first-order valence-electron chi connectivity index (χ1n) is 6.45. The molecule has 2 aromatic rings. The molecule has 0 saturated heterocycles. The van der Waals surface area contributed by atoms with Gasteiger partial charge in [0.1, 0.15) is 12.4 Å². The third-order valence-corrected chi connectivity index (χ3v) is 3.00. The molecule has 0 fully saturated rings. The fraction of sp³-hybridized carbons (Fsp3) is 0.250. The zero-order valence-electron chi connectivity index (χ0n) is 11.9. The third-order valence-electron chi connectivity index (χ3n) is 3.00. The minimum atomic E-state index is 0.386. The van der Waals surface area contributed by atoms with Crippen LogP contribution in [-0.2, 0) is 6.61 Å². The Labute approximate surface area is 118 Å². The van der Waals surface area contributed by atoms with Gasteiger partial charge in [-0.15, -0.1) is 0 Å². The Morgan fingerprint density at radius 3 is 2.75 bits per heavy atom. The van der Waals surface area contributed by atoms with Crippen molar-refractivity contribution in [2.75, 3.05) is 0 Å². The lowest BCUT2D eigenvalue weighted by Crippen LogP contribution is -2.04. The number of hydrogen-bond donors (Lipinski definition) is 1. The average Bonchev–Trinajstić information content (AvgIpc) is 2.44. The van der Waals surface area contributed by atoms with Gasteiger partial charge in [0.2, 0.25) is 0 Å². The molecular formula is C16H18N2O2. The van der Waals surface area contributed by atoms with E-state index >= 15 is 0 Å². The summed E-state index contributed by atoms with van der Waals surface area (Å²) in [5.74, 6) is 0.698. The van der Waals surface area contributed by atoms with Crippen LogP contribution in [0.4, 0.5) is 0 Å². The molecule has 0 saturated carbocycles. The standard InChI is InChI=1S/C16H18N2O2/c1-11-7-8-15(13(3)18-19)16(9-11)20-10-14-6-4-5-12(2)17-14/h4-9,19H,10H2,1-3H3. The molecule has 0 radical (unpaired) electrons. The average molecular weight is 270 g/mol. The molecule has 1 aromatic heterocycles. The van der Waals surface area contributed by atoms with Crippen LogP contribution in [0.5, 0.6) is 5.75 Å². The quantitative estimate of drug-likeness (QED) is 0.525. The third kappa shape index (κ3) is 3.35. The maximum absolute atomic E-state index is 8.92. The van der Waals surface area contributed by atoms with Gasteiger partial charge in [-0.2, -0.15) is 0 Å². The molecule has 1 N–H and O–H groups in total. The molecule has 20 heavy (non-hydrogen) atoms. The van der Waals surface area contributed by atoms with E-state index in [9.17, 15) is 0 Å². The summed E-state index contributed by atoms with van der Waals surface area (Å²) in [5, 5.41) is 12.2. The summed E-state index contributed by atoms with van der Waals surface area (Å²) in [6.45, 7) is 6.07. The van der Waals surface area contributed by atoms with Crippen LogP contribution in [0.3, 0.4) is 0 Å². The predicted octanol–water partition coefficient (Wildman–Crippen LogP) is 3.48. The summed E-state index contributed by atoms with van der Waals surface area (Å²) in [5.41, 5.74) is 4.23. The number of oxime groups is 1. The number of pyridine rings is 1. The smallest absolute Gasteiger partial charge is 0.130 e. The van der Waals surface area contributed by atoms with Crippen LogP contribution in [0, 0.1) is 13.8 Å². The van der Waals surface area contributed by atoms with Gasteiger partial charge in [-0.3, -0.25) is 4.98 Å². The van der Waals surface area contributed by atoms with Crippen LogP contribution in [0.1, 0.15) is 29.4 Å². The summed E-state index contributed by atoms with van der Waals surface area (Å²) in [4.78, 5) is 4.40. The van der Waals surface area contributed by atoms with Crippen molar-refractivity contribution in [2.45, 2.75) is 27.4 Å². The van der Waals surface area contributed by atoms with Crippen molar-refractivity contribution in [3.05, 3.63) is 58.9 Å². The molecule has 0 spiro atoms. The number of nitrogens with zero attached hydrogens (tertiary/aromatic N) is 2. The highest BCUT2D eigenvalue weighted by molar-refractivity contribution is 6.00. The van der Waals surface area contributed by atoms with Crippen molar-refractivity contribution in [1.29, 1.82) is 0 Å². The van der Waals surface area contributed by atoms with Crippen LogP contribution in [-0.4, -0.2) is 15.9 Å². The van der Waals surface area contributed by atoms with Gasteiger partial charge in [0.05, 0.1) is 11.4 Å². The van der Waals surface area contributed by atoms with Crippen molar-refractivity contribution in [3.8, 4) is 5.75 Å². The van der Waals surface area contributed by atoms with Crippen molar-refractivity contribution in [1.82, 2.24) is 4.98 Å². The Bertz CT molecular complexity index is 636. The predicted molar refractivity (Wildman–Crippen MR) is 78.5 cm³/mol. The lowest BCUT2D eigenvalue weighted by atomic mass is 10.1. The summed E-state index contributed by atoms with van der Waals surface area (Å²) >= 11 is 0. The highest BCUT2D eigenvalue weighted by Crippen LogP contribution is 2.22. The topological polar surface area (TPSA) is 54.7 Å². The van der Waals surface area contributed by atoms with Gasteiger partial charge in [0.15, 0.2) is 0 Å². The number of aromatic nitrogens is 1. The molecule has 0 aliphatic rings. The Morgan fingerprint density at radius 1 is 1.25 bits per heavy atom. The highest BCUT2D eigenvalue weighted by Gasteiger charge is 2.08. The molecule has 0 unspecified atom stereocenters. The van der Waals surface area contributed by atoms with Gasteiger partial charge in [-0.25, -0.2) is 0 Å². The minimum absolute atomic E-state index is 0.386. The second-order valence-corrected chi connectivity index (χ2v) is 4.74. The van der Waals surface area contributed by atoms with Crippen LogP contribution < -0.4 is 4.74 Å². The Morgan fingerprint density at radius 2 is 2.05 bits per heavy atom. The van der Waals surface area contributed by atoms with E-state index in [2.05, 4.69) is 10.1 Å². The monoisotopic (exact) mass is 270 g/mol. The molecule has 1 heterocycles. The van der Waals surface area contributed by atoms with Gasteiger partial charge in [0, 0.05) is 11.3 Å². The molecule has 104 valence electrons. The van der Waals surface area contributed by atoms with Gasteiger partial charge >= 0.3 is 0 Å².